The minimum Gasteiger partial charge on any atom is -0.320 e. The fourth-order valence-corrected chi connectivity index (χ4v) is 2.14. The van der Waals surface area contributed by atoms with Gasteiger partial charge in [-0.2, -0.15) is 0 Å². The van der Waals surface area contributed by atoms with Crippen molar-refractivity contribution >= 4 is 11.6 Å². The first-order valence-corrected chi connectivity index (χ1v) is 7.12. The van der Waals surface area contributed by atoms with Crippen LogP contribution in [0.5, 0.6) is 0 Å². The van der Waals surface area contributed by atoms with Gasteiger partial charge in [0.05, 0.1) is 11.4 Å². The Morgan fingerprint density at radius 1 is 1.29 bits per heavy atom. The Labute approximate surface area is 124 Å². The van der Waals surface area contributed by atoms with Gasteiger partial charge in [0.15, 0.2) is 0 Å². The molecule has 1 atom stereocenters. The van der Waals surface area contributed by atoms with Crippen molar-refractivity contribution in [2.45, 2.75) is 27.2 Å². The monoisotopic (exact) mass is 287 g/mol. The molecule has 1 amide bonds. The summed E-state index contributed by atoms with van der Waals surface area (Å²) in [6.07, 6.45) is 0.741. The molecule has 0 fully saturated rings. The Hall–Kier alpha value is -2.30. The Bertz CT molecular complexity index is 698. The van der Waals surface area contributed by atoms with E-state index in [9.17, 15) is 9.59 Å². The van der Waals surface area contributed by atoms with Crippen LogP contribution in [0.15, 0.2) is 35.1 Å². The molecule has 0 spiro atoms. The highest BCUT2D eigenvalue weighted by Crippen LogP contribution is 2.15. The van der Waals surface area contributed by atoms with Crippen LogP contribution in [0.4, 0.5) is 5.69 Å². The summed E-state index contributed by atoms with van der Waals surface area (Å²) in [5.41, 5.74) is 1.65. The molecule has 1 heterocycles. The maximum absolute atomic E-state index is 12.6. The molecule has 0 saturated carbocycles. The van der Waals surface area contributed by atoms with Crippen LogP contribution in [0.1, 0.15) is 26.0 Å². The number of para-hydroxylation sites is 1. The molecular formula is C16H21N3O2. The van der Waals surface area contributed by atoms with E-state index in [2.05, 4.69) is 5.32 Å². The number of amides is 1. The Morgan fingerprint density at radius 2 is 1.90 bits per heavy atom. The Balaban J connectivity index is 2.47. The lowest BCUT2D eigenvalue weighted by atomic mass is 10.1. The van der Waals surface area contributed by atoms with Crippen LogP contribution in [0, 0.1) is 12.8 Å². The summed E-state index contributed by atoms with van der Waals surface area (Å²) in [5.74, 6) is -0.238. The third kappa shape index (κ3) is 2.77. The zero-order chi connectivity index (χ0) is 15.6. The topological polar surface area (TPSA) is 56.0 Å². The Kier molecular flexibility index (Phi) is 4.31. The molecule has 0 saturated heterocycles. The van der Waals surface area contributed by atoms with Crippen molar-refractivity contribution in [2.75, 3.05) is 5.32 Å². The summed E-state index contributed by atoms with van der Waals surface area (Å²) in [4.78, 5) is 24.6. The second-order valence-electron chi connectivity index (χ2n) is 5.24. The third-order valence-electron chi connectivity index (χ3n) is 3.86. The van der Waals surface area contributed by atoms with E-state index in [1.165, 1.54) is 0 Å². The Morgan fingerprint density at radius 3 is 2.48 bits per heavy atom. The SMILES string of the molecule is CC[C@@H](C)C(=O)Nc1c(C)n(C)n(-c2ccccc2)c1=O. The molecule has 0 aliphatic heterocycles. The van der Waals surface area contributed by atoms with Crippen LogP contribution < -0.4 is 10.9 Å². The van der Waals surface area contributed by atoms with Gasteiger partial charge in [0.2, 0.25) is 5.91 Å². The first-order chi connectivity index (χ1) is 9.97. The van der Waals surface area contributed by atoms with Gasteiger partial charge in [0.1, 0.15) is 5.69 Å². The van der Waals surface area contributed by atoms with Gasteiger partial charge in [-0.1, -0.05) is 32.0 Å². The van der Waals surface area contributed by atoms with E-state index in [1.54, 1.807) is 9.36 Å². The number of rotatable bonds is 4. The minimum atomic E-state index is -0.210. The van der Waals surface area contributed by atoms with Gasteiger partial charge >= 0.3 is 0 Å². The summed E-state index contributed by atoms with van der Waals surface area (Å²) < 4.78 is 3.31. The molecule has 1 aromatic carbocycles. The molecule has 5 heteroatoms. The lowest BCUT2D eigenvalue weighted by molar-refractivity contribution is -0.119. The summed E-state index contributed by atoms with van der Waals surface area (Å²) in [6, 6.07) is 9.38. The van der Waals surface area contributed by atoms with Crippen LogP contribution in [0.25, 0.3) is 5.69 Å². The van der Waals surface area contributed by atoms with Crippen molar-refractivity contribution in [3.63, 3.8) is 0 Å². The van der Waals surface area contributed by atoms with Gasteiger partial charge in [-0.3, -0.25) is 14.3 Å². The number of nitrogens with one attached hydrogen (secondary N) is 1. The smallest absolute Gasteiger partial charge is 0.295 e. The van der Waals surface area contributed by atoms with E-state index >= 15 is 0 Å². The number of carbonyl (C=O) groups excluding carboxylic acids is 1. The van der Waals surface area contributed by atoms with Gasteiger partial charge in [-0.25, -0.2) is 4.68 Å². The van der Waals surface area contributed by atoms with E-state index in [0.29, 0.717) is 5.69 Å². The largest absolute Gasteiger partial charge is 0.320 e. The minimum absolute atomic E-state index is 0.116. The van der Waals surface area contributed by atoms with Gasteiger partial charge in [0, 0.05) is 13.0 Å². The van der Waals surface area contributed by atoms with E-state index in [-0.39, 0.29) is 17.4 Å². The van der Waals surface area contributed by atoms with Crippen molar-refractivity contribution in [2.24, 2.45) is 13.0 Å². The zero-order valence-corrected chi connectivity index (χ0v) is 12.9. The van der Waals surface area contributed by atoms with E-state index in [4.69, 9.17) is 0 Å². The number of hydrogen-bond donors (Lipinski definition) is 1. The highest BCUT2D eigenvalue weighted by Gasteiger charge is 2.19. The molecule has 2 aromatic rings. The molecule has 0 unspecified atom stereocenters. The van der Waals surface area contributed by atoms with Crippen LogP contribution in [0.2, 0.25) is 0 Å². The predicted octanol–water partition coefficient (Wildman–Crippen LogP) is 2.47. The van der Waals surface area contributed by atoms with Crippen molar-refractivity contribution in [1.82, 2.24) is 9.36 Å². The molecule has 112 valence electrons. The average Bonchev–Trinajstić information content (AvgIpc) is 2.71. The lowest BCUT2D eigenvalue weighted by Gasteiger charge is -2.08. The lowest BCUT2D eigenvalue weighted by Crippen LogP contribution is -2.25. The van der Waals surface area contributed by atoms with Crippen molar-refractivity contribution < 1.29 is 4.79 Å². The molecular weight excluding hydrogens is 266 g/mol. The van der Waals surface area contributed by atoms with Crippen LogP contribution in [-0.4, -0.2) is 15.3 Å². The van der Waals surface area contributed by atoms with Crippen molar-refractivity contribution in [3.8, 4) is 5.69 Å². The van der Waals surface area contributed by atoms with E-state index in [0.717, 1.165) is 17.8 Å². The van der Waals surface area contributed by atoms with Crippen LogP contribution >= 0.6 is 0 Å². The fourth-order valence-electron chi connectivity index (χ4n) is 2.14. The van der Waals surface area contributed by atoms with Gasteiger partial charge in [-0.05, 0) is 25.5 Å². The maximum Gasteiger partial charge on any atom is 0.295 e. The summed E-state index contributed by atoms with van der Waals surface area (Å²) in [6.45, 7) is 5.63. The number of nitrogens with zero attached hydrogens (tertiary/aromatic N) is 2. The molecule has 0 aliphatic carbocycles. The van der Waals surface area contributed by atoms with Crippen LogP contribution in [-0.2, 0) is 11.8 Å². The number of aromatic nitrogens is 2. The number of hydrogen-bond acceptors (Lipinski definition) is 2. The maximum atomic E-state index is 12.6. The van der Waals surface area contributed by atoms with Gasteiger partial charge in [0.25, 0.3) is 5.56 Å². The fraction of sp³-hybridized carbons (Fsp3) is 0.375. The molecule has 0 radical (unpaired) electrons. The number of carbonyl (C=O) groups is 1. The second-order valence-corrected chi connectivity index (χ2v) is 5.24. The predicted molar refractivity (Wildman–Crippen MR) is 83.8 cm³/mol. The second kappa shape index (κ2) is 5.99. The number of benzene rings is 1. The standard InChI is InChI=1S/C16H21N3O2/c1-5-11(2)15(20)17-14-12(3)18(4)19(16(14)21)13-9-7-6-8-10-13/h6-11H,5H2,1-4H3,(H,17,20)/t11-/m1/s1. The molecule has 2 rings (SSSR count). The first-order valence-electron chi connectivity index (χ1n) is 7.12. The quantitative estimate of drug-likeness (QED) is 0.939. The van der Waals surface area contributed by atoms with E-state index in [1.807, 2.05) is 58.2 Å². The normalized spacial score (nSPS) is 12.2. The molecule has 0 bridgehead atoms. The average molecular weight is 287 g/mol. The molecule has 1 N–H and O–H groups in total. The summed E-state index contributed by atoms with van der Waals surface area (Å²) >= 11 is 0. The molecule has 0 aliphatic rings. The summed E-state index contributed by atoms with van der Waals surface area (Å²) in [5, 5.41) is 2.77. The highest BCUT2D eigenvalue weighted by molar-refractivity contribution is 5.92. The number of anilines is 1. The van der Waals surface area contributed by atoms with E-state index < -0.39 is 0 Å². The van der Waals surface area contributed by atoms with Gasteiger partial charge < -0.3 is 5.32 Å². The highest BCUT2D eigenvalue weighted by atomic mass is 16.2. The first kappa shape index (κ1) is 15.1. The molecule has 21 heavy (non-hydrogen) atoms. The van der Waals surface area contributed by atoms with Crippen molar-refractivity contribution in [1.29, 1.82) is 0 Å². The third-order valence-corrected chi connectivity index (χ3v) is 3.86. The molecule has 1 aromatic heterocycles. The molecule has 5 nitrogen and oxygen atoms in total. The van der Waals surface area contributed by atoms with Gasteiger partial charge in [-0.15, -0.1) is 0 Å². The summed E-state index contributed by atoms with van der Waals surface area (Å²) in [7, 11) is 1.81. The zero-order valence-electron chi connectivity index (χ0n) is 12.9. The van der Waals surface area contributed by atoms with Crippen LogP contribution in [0.3, 0.4) is 0 Å². The van der Waals surface area contributed by atoms with Crippen molar-refractivity contribution in [3.05, 3.63) is 46.4 Å².